The van der Waals surface area contributed by atoms with E-state index in [1.54, 1.807) is 7.11 Å². The Kier molecular flexibility index (Phi) is 4.95. The van der Waals surface area contributed by atoms with Crippen LogP contribution < -0.4 is 9.64 Å². The third kappa shape index (κ3) is 3.20. The molecular weight excluding hydrogens is 334 g/mol. The van der Waals surface area contributed by atoms with Gasteiger partial charge in [0.25, 0.3) is 11.1 Å². The summed E-state index contributed by atoms with van der Waals surface area (Å²) in [6.07, 6.45) is 0.758. The van der Waals surface area contributed by atoms with Crippen molar-refractivity contribution in [3.63, 3.8) is 0 Å². The summed E-state index contributed by atoms with van der Waals surface area (Å²) in [4.78, 5) is 27.2. The fourth-order valence-electron chi connectivity index (χ4n) is 2.81. The van der Waals surface area contributed by atoms with Crippen LogP contribution in [0, 0.1) is 0 Å². The number of carbonyl (C=O) groups excluding carboxylic acids is 2. The SMILES string of the molecule is CCc1ccccc1N1C(=O)S/C(=C(/C)c2ccc(OC)cc2)C1=O. The topological polar surface area (TPSA) is 46.6 Å². The van der Waals surface area contributed by atoms with Gasteiger partial charge in [-0.1, -0.05) is 37.3 Å². The standard InChI is InChI=1S/C20H19NO3S/c1-4-14-7-5-6-8-17(14)21-19(22)18(25-20(21)23)13(2)15-9-11-16(24-3)12-10-15/h5-12H,4H2,1-3H3/b18-13-. The van der Waals surface area contributed by atoms with Crippen molar-refractivity contribution in [3.05, 3.63) is 64.6 Å². The van der Waals surface area contributed by atoms with E-state index in [0.717, 1.165) is 40.6 Å². The van der Waals surface area contributed by atoms with Crippen molar-refractivity contribution in [1.82, 2.24) is 0 Å². The van der Waals surface area contributed by atoms with E-state index < -0.39 is 0 Å². The number of anilines is 1. The highest BCUT2D eigenvalue weighted by Crippen LogP contribution is 2.40. The second-order valence-corrected chi connectivity index (χ2v) is 6.64. The molecule has 0 saturated carbocycles. The van der Waals surface area contributed by atoms with Crippen LogP contribution in [0.4, 0.5) is 10.5 Å². The number of carbonyl (C=O) groups is 2. The molecule has 1 aliphatic heterocycles. The van der Waals surface area contributed by atoms with Crippen molar-refractivity contribution >= 4 is 34.2 Å². The zero-order chi connectivity index (χ0) is 18.0. The van der Waals surface area contributed by atoms with Gasteiger partial charge in [0, 0.05) is 0 Å². The van der Waals surface area contributed by atoms with Crippen molar-refractivity contribution in [3.8, 4) is 5.75 Å². The van der Waals surface area contributed by atoms with E-state index in [9.17, 15) is 9.59 Å². The molecule has 128 valence electrons. The van der Waals surface area contributed by atoms with Crippen LogP contribution in [0.5, 0.6) is 5.75 Å². The van der Waals surface area contributed by atoms with E-state index >= 15 is 0 Å². The molecular formula is C20H19NO3S. The average Bonchev–Trinajstić information content (AvgIpc) is 2.95. The zero-order valence-corrected chi connectivity index (χ0v) is 15.2. The Morgan fingerprint density at radius 1 is 1.08 bits per heavy atom. The van der Waals surface area contributed by atoms with Gasteiger partial charge in [0.2, 0.25) is 0 Å². The van der Waals surface area contributed by atoms with Crippen LogP contribution in [-0.2, 0) is 11.2 Å². The first-order chi connectivity index (χ1) is 12.1. The summed E-state index contributed by atoms with van der Waals surface area (Å²) in [6.45, 7) is 3.88. The number of imide groups is 1. The molecule has 1 aliphatic rings. The molecule has 0 N–H and O–H groups in total. The molecule has 2 aromatic rings. The largest absolute Gasteiger partial charge is 0.497 e. The monoisotopic (exact) mass is 353 g/mol. The first kappa shape index (κ1) is 17.3. The fraction of sp³-hybridized carbons (Fsp3) is 0.200. The zero-order valence-electron chi connectivity index (χ0n) is 14.4. The average molecular weight is 353 g/mol. The molecule has 0 radical (unpaired) electrons. The van der Waals surface area contributed by atoms with Gasteiger partial charge in [-0.25, -0.2) is 4.90 Å². The van der Waals surface area contributed by atoms with E-state index in [0.29, 0.717) is 10.6 Å². The van der Waals surface area contributed by atoms with Gasteiger partial charge in [0.05, 0.1) is 17.7 Å². The summed E-state index contributed by atoms with van der Waals surface area (Å²) < 4.78 is 5.16. The van der Waals surface area contributed by atoms with Crippen molar-refractivity contribution in [2.45, 2.75) is 20.3 Å². The maximum absolute atomic E-state index is 12.9. The number of benzene rings is 2. The molecule has 0 unspecified atom stereocenters. The Hall–Kier alpha value is -2.53. The molecule has 0 aromatic heterocycles. The third-order valence-electron chi connectivity index (χ3n) is 4.25. The van der Waals surface area contributed by atoms with E-state index in [4.69, 9.17) is 4.74 Å². The predicted molar refractivity (Wildman–Crippen MR) is 102 cm³/mol. The number of ether oxygens (including phenoxy) is 1. The highest BCUT2D eigenvalue weighted by molar-refractivity contribution is 8.19. The maximum Gasteiger partial charge on any atom is 0.298 e. The summed E-state index contributed by atoms with van der Waals surface area (Å²) >= 11 is 0.995. The highest BCUT2D eigenvalue weighted by Gasteiger charge is 2.38. The molecule has 4 nitrogen and oxygen atoms in total. The molecule has 1 saturated heterocycles. The number of amides is 2. The number of methoxy groups -OCH3 is 1. The summed E-state index contributed by atoms with van der Waals surface area (Å²) in [5.74, 6) is 0.491. The van der Waals surface area contributed by atoms with Gasteiger partial charge in [0.15, 0.2) is 0 Å². The number of aryl methyl sites for hydroxylation is 1. The Bertz CT molecular complexity index is 855. The number of rotatable bonds is 4. The Labute approximate surface area is 151 Å². The Balaban J connectivity index is 2.00. The lowest BCUT2D eigenvalue weighted by Gasteiger charge is -2.16. The van der Waals surface area contributed by atoms with Crippen molar-refractivity contribution in [2.75, 3.05) is 12.0 Å². The summed E-state index contributed by atoms with van der Waals surface area (Å²) in [5, 5.41) is -0.256. The minimum atomic E-state index is -0.260. The maximum atomic E-state index is 12.9. The van der Waals surface area contributed by atoms with Gasteiger partial charge >= 0.3 is 0 Å². The smallest absolute Gasteiger partial charge is 0.298 e. The third-order valence-corrected chi connectivity index (χ3v) is 5.29. The second-order valence-electron chi connectivity index (χ2n) is 5.67. The van der Waals surface area contributed by atoms with Crippen molar-refractivity contribution in [1.29, 1.82) is 0 Å². The van der Waals surface area contributed by atoms with Crippen LogP contribution in [0.1, 0.15) is 25.0 Å². The van der Waals surface area contributed by atoms with Crippen LogP contribution in [0.2, 0.25) is 0 Å². The molecule has 0 spiro atoms. The summed E-state index contributed by atoms with van der Waals surface area (Å²) in [5.41, 5.74) is 3.34. The molecule has 2 aromatic carbocycles. The predicted octanol–water partition coefficient (Wildman–Crippen LogP) is 4.89. The molecule has 25 heavy (non-hydrogen) atoms. The molecule has 0 atom stereocenters. The molecule has 0 bridgehead atoms. The molecule has 1 fully saturated rings. The van der Waals surface area contributed by atoms with Crippen LogP contribution in [-0.4, -0.2) is 18.3 Å². The summed E-state index contributed by atoms with van der Waals surface area (Å²) in [7, 11) is 1.61. The van der Waals surface area contributed by atoms with E-state index in [-0.39, 0.29) is 11.1 Å². The number of para-hydroxylation sites is 1. The number of thioether (sulfide) groups is 1. The van der Waals surface area contributed by atoms with Gasteiger partial charge in [-0.05, 0) is 60.0 Å². The van der Waals surface area contributed by atoms with Gasteiger partial charge in [-0.15, -0.1) is 0 Å². The van der Waals surface area contributed by atoms with Gasteiger partial charge in [0.1, 0.15) is 5.75 Å². The number of hydrogen-bond donors (Lipinski definition) is 0. The van der Waals surface area contributed by atoms with Crippen LogP contribution in [0.15, 0.2) is 53.4 Å². The van der Waals surface area contributed by atoms with E-state index in [1.165, 1.54) is 4.90 Å². The minimum absolute atomic E-state index is 0.256. The second kappa shape index (κ2) is 7.15. The van der Waals surface area contributed by atoms with Crippen LogP contribution >= 0.6 is 11.8 Å². The van der Waals surface area contributed by atoms with E-state index in [1.807, 2.05) is 62.4 Å². The van der Waals surface area contributed by atoms with Crippen molar-refractivity contribution in [2.24, 2.45) is 0 Å². The molecule has 0 aliphatic carbocycles. The quantitative estimate of drug-likeness (QED) is 0.734. The molecule has 3 rings (SSSR count). The van der Waals surface area contributed by atoms with Crippen LogP contribution in [0.25, 0.3) is 5.57 Å². The lowest BCUT2D eigenvalue weighted by Crippen LogP contribution is -2.28. The fourth-order valence-corrected chi connectivity index (χ4v) is 3.70. The lowest BCUT2D eigenvalue weighted by molar-refractivity contribution is -0.113. The first-order valence-corrected chi connectivity index (χ1v) is 8.88. The molecule has 1 heterocycles. The molecule has 2 amide bonds. The Morgan fingerprint density at radius 2 is 1.76 bits per heavy atom. The van der Waals surface area contributed by atoms with Crippen LogP contribution in [0.3, 0.4) is 0 Å². The summed E-state index contributed by atoms with van der Waals surface area (Å²) in [6, 6.07) is 15.0. The number of hydrogen-bond acceptors (Lipinski definition) is 4. The molecule has 5 heteroatoms. The van der Waals surface area contributed by atoms with E-state index in [2.05, 4.69) is 0 Å². The normalized spacial score (nSPS) is 16.4. The minimum Gasteiger partial charge on any atom is -0.497 e. The number of allylic oxidation sites excluding steroid dienone is 1. The Morgan fingerprint density at radius 3 is 2.40 bits per heavy atom. The van der Waals surface area contributed by atoms with Gasteiger partial charge in [-0.2, -0.15) is 0 Å². The van der Waals surface area contributed by atoms with Crippen molar-refractivity contribution < 1.29 is 14.3 Å². The lowest BCUT2D eigenvalue weighted by atomic mass is 10.1. The first-order valence-electron chi connectivity index (χ1n) is 8.06. The van der Waals surface area contributed by atoms with Gasteiger partial charge in [-0.3, -0.25) is 9.59 Å². The number of nitrogens with zero attached hydrogens (tertiary/aromatic N) is 1. The highest BCUT2D eigenvalue weighted by atomic mass is 32.2. The van der Waals surface area contributed by atoms with Gasteiger partial charge < -0.3 is 4.74 Å².